The van der Waals surface area contributed by atoms with Crippen LogP contribution in [0.15, 0.2) is 42.5 Å². The van der Waals surface area contributed by atoms with Gasteiger partial charge in [-0.1, -0.05) is 17.7 Å². The number of hydrogen-bond acceptors (Lipinski definition) is 4. The van der Waals surface area contributed by atoms with Crippen LogP contribution in [0.25, 0.3) is 0 Å². The van der Waals surface area contributed by atoms with E-state index in [4.69, 9.17) is 21.1 Å². The van der Waals surface area contributed by atoms with Crippen molar-refractivity contribution < 1.29 is 19.1 Å². The van der Waals surface area contributed by atoms with Crippen molar-refractivity contribution in [1.29, 1.82) is 0 Å². The van der Waals surface area contributed by atoms with Crippen molar-refractivity contribution in [3.8, 4) is 11.5 Å². The largest absolute Gasteiger partial charge is 0.493 e. The fourth-order valence-corrected chi connectivity index (χ4v) is 2.70. The van der Waals surface area contributed by atoms with Crippen LogP contribution in [0.5, 0.6) is 11.5 Å². The molecule has 28 heavy (non-hydrogen) atoms. The van der Waals surface area contributed by atoms with E-state index in [1.165, 1.54) is 0 Å². The first kappa shape index (κ1) is 21.6. The standard InChI is InChI=1S/C21H25ClN2O4/c1-3-28-18-10-4-15(14-19(18)27-2)5-11-20(25)23-12-13-24-21(26)16-6-8-17(22)9-7-16/h4,6-10,14H,3,5,11-13H2,1-2H3,(H,23,25)(H,24,26). The molecule has 0 aliphatic heterocycles. The summed E-state index contributed by atoms with van der Waals surface area (Å²) in [6.45, 7) is 3.19. The fraction of sp³-hybridized carbons (Fsp3) is 0.333. The van der Waals surface area contributed by atoms with Gasteiger partial charge >= 0.3 is 0 Å². The maximum Gasteiger partial charge on any atom is 0.251 e. The monoisotopic (exact) mass is 404 g/mol. The number of amides is 2. The van der Waals surface area contributed by atoms with Crippen molar-refractivity contribution in [2.45, 2.75) is 19.8 Å². The lowest BCUT2D eigenvalue weighted by molar-refractivity contribution is -0.121. The maximum absolute atomic E-state index is 12.0. The highest BCUT2D eigenvalue weighted by atomic mass is 35.5. The molecule has 150 valence electrons. The summed E-state index contributed by atoms with van der Waals surface area (Å²) < 4.78 is 10.8. The van der Waals surface area contributed by atoms with Gasteiger partial charge in [0, 0.05) is 30.1 Å². The molecule has 0 atom stereocenters. The molecular formula is C21H25ClN2O4. The maximum atomic E-state index is 12.0. The Labute approximate surface area is 170 Å². The number of aryl methyl sites for hydroxylation is 1. The van der Waals surface area contributed by atoms with E-state index < -0.39 is 0 Å². The molecule has 0 saturated heterocycles. The van der Waals surface area contributed by atoms with Gasteiger partial charge in [0.2, 0.25) is 5.91 Å². The number of hydrogen-bond donors (Lipinski definition) is 2. The minimum absolute atomic E-state index is 0.0754. The molecule has 0 aliphatic carbocycles. The van der Waals surface area contributed by atoms with Gasteiger partial charge in [-0.15, -0.1) is 0 Å². The number of benzene rings is 2. The van der Waals surface area contributed by atoms with Crippen molar-refractivity contribution >= 4 is 23.4 Å². The molecular weight excluding hydrogens is 380 g/mol. The van der Waals surface area contributed by atoms with Crippen molar-refractivity contribution in [2.75, 3.05) is 26.8 Å². The molecule has 0 saturated carbocycles. The zero-order chi connectivity index (χ0) is 20.4. The Kier molecular flexibility index (Phi) is 8.62. The number of ether oxygens (including phenoxy) is 2. The van der Waals surface area contributed by atoms with Crippen LogP contribution in [0.2, 0.25) is 5.02 Å². The molecule has 2 N–H and O–H groups in total. The van der Waals surface area contributed by atoms with Crippen molar-refractivity contribution in [2.24, 2.45) is 0 Å². The molecule has 7 heteroatoms. The number of halogens is 1. The van der Waals surface area contributed by atoms with Crippen LogP contribution in [-0.2, 0) is 11.2 Å². The zero-order valence-corrected chi connectivity index (χ0v) is 16.8. The third-order valence-corrected chi connectivity index (χ3v) is 4.26. The van der Waals surface area contributed by atoms with E-state index in [0.717, 1.165) is 5.56 Å². The van der Waals surface area contributed by atoms with Crippen LogP contribution in [0.4, 0.5) is 0 Å². The molecule has 0 unspecified atom stereocenters. The first-order valence-electron chi connectivity index (χ1n) is 9.13. The molecule has 2 amide bonds. The molecule has 0 aliphatic rings. The summed E-state index contributed by atoms with van der Waals surface area (Å²) >= 11 is 5.80. The van der Waals surface area contributed by atoms with Gasteiger partial charge < -0.3 is 20.1 Å². The van der Waals surface area contributed by atoms with Gasteiger partial charge in [-0.3, -0.25) is 9.59 Å². The Balaban J connectivity index is 1.70. The van der Waals surface area contributed by atoms with Crippen LogP contribution >= 0.6 is 11.6 Å². The Hall–Kier alpha value is -2.73. The minimum atomic E-state index is -0.201. The van der Waals surface area contributed by atoms with E-state index in [0.29, 0.717) is 54.6 Å². The van der Waals surface area contributed by atoms with Crippen molar-refractivity contribution in [3.05, 3.63) is 58.6 Å². The molecule has 0 bridgehead atoms. The topological polar surface area (TPSA) is 76.7 Å². The van der Waals surface area contributed by atoms with E-state index in [1.54, 1.807) is 31.4 Å². The lowest BCUT2D eigenvalue weighted by Crippen LogP contribution is -2.34. The van der Waals surface area contributed by atoms with Crippen LogP contribution < -0.4 is 20.1 Å². The molecule has 0 heterocycles. The SMILES string of the molecule is CCOc1ccc(CCC(=O)NCCNC(=O)c2ccc(Cl)cc2)cc1OC. The summed E-state index contributed by atoms with van der Waals surface area (Å²) in [6, 6.07) is 12.3. The molecule has 0 radical (unpaired) electrons. The second-order valence-corrected chi connectivity index (χ2v) is 6.47. The highest BCUT2D eigenvalue weighted by Crippen LogP contribution is 2.28. The Morgan fingerprint density at radius 1 is 1.00 bits per heavy atom. The summed E-state index contributed by atoms with van der Waals surface area (Å²) in [5, 5.41) is 6.13. The molecule has 0 aromatic heterocycles. The predicted octanol–water partition coefficient (Wildman–Crippen LogP) is 3.23. The lowest BCUT2D eigenvalue weighted by Gasteiger charge is -2.11. The summed E-state index contributed by atoms with van der Waals surface area (Å²) in [5.41, 5.74) is 1.52. The second-order valence-electron chi connectivity index (χ2n) is 6.03. The average molecular weight is 405 g/mol. The van der Waals surface area contributed by atoms with Crippen molar-refractivity contribution in [3.63, 3.8) is 0 Å². The minimum Gasteiger partial charge on any atom is -0.493 e. The number of carbonyl (C=O) groups is 2. The number of methoxy groups -OCH3 is 1. The average Bonchev–Trinajstić information content (AvgIpc) is 2.71. The first-order valence-corrected chi connectivity index (χ1v) is 9.51. The predicted molar refractivity (Wildman–Crippen MR) is 109 cm³/mol. The van der Waals surface area contributed by atoms with Gasteiger partial charge in [-0.05, 0) is 55.3 Å². The fourth-order valence-electron chi connectivity index (χ4n) is 2.57. The lowest BCUT2D eigenvalue weighted by atomic mass is 10.1. The van der Waals surface area contributed by atoms with Crippen molar-refractivity contribution in [1.82, 2.24) is 10.6 Å². The quantitative estimate of drug-likeness (QED) is 0.596. The summed E-state index contributed by atoms with van der Waals surface area (Å²) in [4.78, 5) is 24.0. The van der Waals surface area contributed by atoms with E-state index >= 15 is 0 Å². The number of carbonyl (C=O) groups excluding carboxylic acids is 2. The van der Waals surface area contributed by atoms with Crippen LogP contribution in [0, 0.1) is 0 Å². The smallest absolute Gasteiger partial charge is 0.251 e. The summed E-state index contributed by atoms with van der Waals surface area (Å²) in [6.07, 6.45) is 0.938. The highest BCUT2D eigenvalue weighted by molar-refractivity contribution is 6.30. The van der Waals surface area contributed by atoms with Crippen LogP contribution in [0.1, 0.15) is 29.3 Å². The van der Waals surface area contributed by atoms with Gasteiger partial charge in [0.05, 0.1) is 13.7 Å². The number of nitrogens with one attached hydrogen (secondary N) is 2. The van der Waals surface area contributed by atoms with Crippen LogP contribution in [0.3, 0.4) is 0 Å². The van der Waals surface area contributed by atoms with Gasteiger partial charge in [-0.2, -0.15) is 0 Å². The van der Waals surface area contributed by atoms with E-state index in [1.807, 2.05) is 25.1 Å². The second kappa shape index (κ2) is 11.2. The van der Waals surface area contributed by atoms with Gasteiger partial charge in [-0.25, -0.2) is 0 Å². The number of rotatable bonds is 10. The summed E-state index contributed by atoms with van der Waals surface area (Å²) in [7, 11) is 1.59. The zero-order valence-electron chi connectivity index (χ0n) is 16.1. The van der Waals surface area contributed by atoms with E-state index in [-0.39, 0.29) is 11.8 Å². The molecule has 2 aromatic carbocycles. The van der Waals surface area contributed by atoms with E-state index in [9.17, 15) is 9.59 Å². The highest BCUT2D eigenvalue weighted by Gasteiger charge is 2.08. The van der Waals surface area contributed by atoms with Crippen LogP contribution in [-0.4, -0.2) is 38.6 Å². The van der Waals surface area contributed by atoms with Gasteiger partial charge in [0.15, 0.2) is 11.5 Å². The summed E-state index contributed by atoms with van der Waals surface area (Å²) in [5.74, 6) is 1.07. The van der Waals surface area contributed by atoms with Gasteiger partial charge in [0.1, 0.15) is 0 Å². The third-order valence-electron chi connectivity index (χ3n) is 4.01. The molecule has 2 rings (SSSR count). The van der Waals surface area contributed by atoms with E-state index in [2.05, 4.69) is 10.6 Å². The first-order chi connectivity index (χ1) is 13.5. The molecule has 0 spiro atoms. The Morgan fingerprint density at radius 2 is 1.71 bits per heavy atom. The van der Waals surface area contributed by atoms with Gasteiger partial charge in [0.25, 0.3) is 5.91 Å². The molecule has 0 fully saturated rings. The molecule has 2 aromatic rings. The Morgan fingerprint density at radius 3 is 2.39 bits per heavy atom. The third kappa shape index (κ3) is 6.78. The molecule has 6 nitrogen and oxygen atoms in total. The normalized spacial score (nSPS) is 10.2. The Bertz CT molecular complexity index is 793.